The van der Waals surface area contributed by atoms with Crippen molar-refractivity contribution in [1.29, 1.82) is 0 Å². The van der Waals surface area contributed by atoms with E-state index in [0.29, 0.717) is 0 Å². The molecule has 1 aromatic carbocycles. The van der Waals surface area contributed by atoms with Crippen molar-refractivity contribution in [1.82, 2.24) is 16.2 Å². The highest BCUT2D eigenvalue weighted by Crippen LogP contribution is 2.29. The molecule has 1 aliphatic rings. The van der Waals surface area contributed by atoms with Gasteiger partial charge in [0.25, 0.3) is 11.8 Å². The van der Waals surface area contributed by atoms with Crippen LogP contribution in [0.25, 0.3) is 0 Å². The van der Waals surface area contributed by atoms with Crippen molar-refractivity contribution < 1.29 is 36.0 Å². The largest absolute Gasteiger partial charge is 0.416 e. The van der Waals surface area contributed by atoms with Crippen LogP contribution in [0.4, 0.5) is 13.2 Å². The van der Waals surface area contributed by atoms with E-state index in [-0.39, 0.29) is 23.5 Å². The fraction of sp³-hybridized carbons (Fsp3) is 0.400. The van der Waals surface area contributed by atoms with E-state index in [1.807, 2.05) is 5.43 Å². The van der Waals surface area contributed by atoms with E-state index >= 15 is 0 Å². The van der Waals surface area contributed by atoms with Crippen LogP contribution in [0.1, 0.15) is 22.3 Å². The zero-order chi connectivity index (χ0) is 20.2. The molecule has 1 fully saturated rings. The van der Waals surface area contributed by atoms with Gasteiger partial charge in [-0.05, 0) is 30.7 Å². The fourth-order valence-electron chi connectivity index (χ4n) is 2.35. The quantitative estimate of drug-likeness (QED) is 0.608. The number of benzene rings is 1. The minimum Gasteiger partial charge on any atom is -0.343 e. The molecule has 0 aliphatic carbocycles. The number of sulfone groups is 1. The molecular weight excluding hydrogens is 391 g/mol. The van der Waals surface area contributed by atoms with Gasteiger partial charge in [-0.1, -0.05) is 0 Å². The van der Waals surface area contributed by atoms with Gasteiger partial charge in [-0.3, -0.25) is 25.2 Å². The van der Waals surface area contributed by atoms with Crippen LogP contribution >= 0.6 is 0 Å². The summed E-state index contributed by atoms with van der Waals surface area (Å²) in [5.74, 6) is -3.35. The summed E-state index contributed by atoms with van der Waals surface area (Å²) in [7, 11) is -3.24. The molecule has 1 aliphatic heterocycles. The highest BCUT2D eigenvalue weighted by atomic mass is 32.2. The van der Waals surface area contributed by atoms with Crippen LogP contribution in [0.15, 0.2) is 24.3 Å². The van der Waals surface area contributed by atoms with Gasteiger partial charge in [0.05, 0.1) is 29.5 Å². The fourth-order valence-corrected chi connectivity index (χ4v) is 4.09. The SMILES string of the molecule is O=C(CNC(=O)c1ccc(C(F)(F)F)cc1)NNC(=O)[C@@H]1CCS(=O)(=O)C1. The van der Waals surface area contributed by atoms with Gasteiger partial charge < -0.3 is 5.32 Å². The second-order valence-electron chi connectivity index (χ2n) is 5.90. The van der Waals surface area contributed by atoms with Gasteiger partial charge >= 0.3 is 6.18 Å². The standard InChI is InChI=1S/C15H16F3N3O5S/c16-15(17,18)11-3-1-9(2-4-11)13(23)19-7-12(22)20-21-14(24)10-5-6-27(25,26)8-10/h1-4,10H,5-8H2,(H,19,23)(H,20,22)(H,21,24)/t10-/m1/s1. The Morgan fingerprint density at radius 3 is 2.22 bits per heavy atom. The summed E-state index contributed by atoms with van der Waals surface area (Å²) in [4.78, 5) is 35.1. The van der Waals surface area contributed by atoms with Crippen molar-refractivity contribution in [2.45, 2.75) is 12.6 Å². The van der Waals surface area contributed by atoms with Crippen LogP contribution in [-0.2, 0) is 25.6 Å². The molecule has 3 amide bonds. The van der Waals surface area contributed by atoms with E-state index in [2.05, 4.69) is 10.7 Å². The molecule has 1 aromatic rings. The topological polar surface area (TPSA) is 121 Å². The Balaban J connectivity index is 1.76. The predicted molar refractivity (Wildman–Crippen MR) is 86.8 cm³/mol. The van der Waals surface area contributed by atoms with Crippen LogP contribution < -0.4 is 16.2 Å². The monoisotopic (exact) mass is 407 g/mol. The zero-order valence-electron chi connectivity index (χ0n) is 13.8. The molecule has 12 heteroatoms. The number of rotatable bonds is 4. The Kier molecular flexibility index (Phi) is 6.08. The molecule has 148 valence electrons. The van der Waals surface area contributed by atoms with Crippen molar-refractivity contribution >= 4 is 27.6 Å². The second kappa shape index (κ2) is 7.94. The summed E-state index contributed by atoms with van der Waals surface area (Å²) in [6.07, 6.45) is -4.36. The molecule has 0 radical (unpaired) electrons. The van der Waals surface area contributed by atoms with E-state index < -0.39 is 51.8 Å². The van der Waals surface area contributed by atoms with Crippen molar-refractivity contribution in [3.05, 3.63) is 35.4 Å². The molecule has 27 heavy (non-hydrogen) atoms. The number of carbonyl (C=O) groups is 3. The first kappa shape index (κ1) is 20.7. The van der Waals surface area contributed by atoms with Crippen LogP contribution in [0.2, 0.25) is 0 Å². The normalized spacial score (nSPS) is 18.6. The minimum absolute atomic E-state index is 0.0732. The van der Waals surface area contributed by atoms with E-state index in [1.54, 1.807) is 0 Å². The lowest BCUT2D eigenvalue weighted by Crippen LogP contribution is -2.48. The van der Waals surface area contributed by atoms with Crippen molar-refractivity contribution in [2.24, 2.45) is 5.92 Å². The number of hydrazine groups is 1. The van der Waals surface area contributed by atoms with E-state index in [9.17, 15) is 36.0 Å². The minimum atomic E-state index is -4.52. The third-order valence-electron chi connectivity index (χ3n) is 3.81. The molecule has 0 spiro atoms. The number of carbonyl (C=O) groups excluding carboxylic acids is 3. The van der Waals surface area contributed by atoms with Crippen LogP contribution in [0, 0.1) is 5.92 Å². The van der Waals surface area contributed by atoms with E-state index in [0.717, 1.165) is 24.3 Å². The average Bonchev–Trinajstić information content (AvgIpc) is 2.97. The van der Waals surface area contributed by atoms with Crippen molar-refractivity contribution in [3.63, 3.8) is 0 Å². The summed E-state index contributed by atoms with van der Waals surface area (Å²) in [6, 6.07) is 3.42. The molecule has 1 saturated heterocycles. The number of hydrogen-bond acceptors (Lipinski definition) is 5. The Morgan fingerprint density at radius 1 is 1.07 bits per heavy atom. The Bertz CT molecular complexity index is 837. The average molecular weight is 407 g/mol. The molecule has 8 nitrogen and oxygen atoms in total. The molecule has 1 heterocycles. The van der Waals surface area contributed by atoms with Crippen molar-refractivity contribution in [3.8, 4) is 0 Å². The Morgan fingerprint density at radius 2 is 1.70 bits per heavy atom. The first-order valence-electron chi connectivity index (χ1n) is 7.72. The van der Waals surface area contributed by atoms with Gasteiger partial charge in [0.1, 0.15) is 0 Å². The van der Waals surface area contributed by atoms with Gasteiger partial charge in [0, 0.05) is 5.56 Å². The summed E-state index contributed by atoms with van der Waals surface area (Å²) in [6.45, 7) is -0.539. The predicted octanol–water partition coefficient (Wildman–Crippen LogP) is 0.0173. The van der Waals surface area contributed by atoms with Crippen LogP contribution in [0.5, 0.6) is 0 Å². The van der Waals surface area contributed by atoms with Crippen LogP contribution in [0.3, 0.4) is 0 Å². The third-order valence-corrected chi connectivity index (χ3v) is 5.58. The maximum Gasteiger partial charge on any atom is 0.416 e. The summed E-state index contributed by atoms with van der Waals surface area (Å²) >= 11 is 0. The van der Waals surface area contributed by atoms with E-state index in [4.69, 9.17) is 0 Å². The summed E-state index contributed by atoms with van der Waals surface area (Å²) < 4.78 is 60.0. The molecule has 2 rings (SSSR count). The molecular formula is C15H16F3N3O5S. The number of halogens is 3. The molecule has 0 bridgehead atoms. The molecule has 0 unspecified atom stereocenters. The Hall–Kier alpha value is -2.63. The maximum absolute atomic E-state index is 12.5. The maximum atomic E-state index is 12.5. The number of nitrogens with one attached hydrogen (secondary N) is 3. The molecule has 3 N–H and O–H groups in total. The second-order valence-corrected chi connectivity index (χ2v) is 8.12. The van der Waals surface area contributed by atoms with E-state index in [1.165, 1.54) is 0 Å². The smallest absolute Gasteiger partial charge is 0.343 e. The molecule has 0 saturated carbocycles. The number of alkyl halides is 3. The van der Waals surface area contributed by atoms with Gasteiger partial charge in [-0.25, -0.2) is 8.42 Å². The highest BCUT2D eigenvalue weighted by Gasteiger charge is 2.33. The van der Waals surface area contributed by atoms with Crippen molar-refractivity contribution in [2.75, 3.05) is 18.1 Å². The number of amides is 3. The first-order chi connectivity index (χ1) is 12.5. The summed E-state index contributed by atoms with van der Waals surface area (Å²) in [5, 5.41) is 2.18. The lowest BCUT2D eigenvalue weighted by atomic mass is 10.1. The van der Waals surface area contributed by atoms with Crippen LogP contribution in [-0.4, -0.2) is 44.2 Å². The van der Waals surface area contributed by atoms with Gasteiger partial charge in [0.15, 0.2) is 9.84 Å². The number of hydrogen-bond donors (Lipinski definition) is 3. The van der Waals surface area contributed by atoms with Gasteiger partial charge in [-0.2, -0.15) is 13.2 Å². The van der Waals surface area contributed by atoms with Gasteiger partial charge in [0.2, 0.25) is 5.91 Å². The lowest BCUT2D eigenvalue weighted by Gasteiger charge is -2.11. The Labute approximate surface area is 152 Å². The third kappa shape index (κ3) is 5.94. The highest BCUT2D eigenvalue weighted by molar-refractivity contribution is 7.91. The molecule has 0 aromatic heterocycles. The zero-order valence-corrected chi connectivity index (χ0v) is 14.6. The molecule has 1 atom stereocenters. The van der Waals surface area contributed by atoms with Gasteiger partial charge in [-0.15, -0.1) is 0 Å². The summed E-state index contributed by atoms with van der Waals surface area (Å²) in [5.41, 5.74) is 3.11. The lowest BCUT2D eigenvalue weighted by molar-refractivity contribution is -0.137. The first-order valence-corrected chi connectivity index (χ1v) is 9.55.